The summed E-state index contributed by atoms with van der Waals surface area (Å²) in [6.07, 6.45) is 0.764. The van der Waals surface area contributed by atoms with Crippen molar-refractivity contribution in [3.05, 3.63) is 23.8 Å². The molecule has 1 aromatic rings. The predicted molar refractivity (Wildman–Crippen MR) is 68.4 cm³/mol. The van der Waals surface area contributed by atoms with Gasteiger partial charge < -0.3 is 19.9 Å². The molecule has 0 unspecified atom stereocenters. The van der Waals surface area contributed by atoms with E-state index in [-0.39, 0.29) is 0 Å². The van der Waals surface area contributed by atoms with E-state index >= 15 is 0 Å². The fraction of sp³-hybridized carbons (Fsp3) is 0.462. The smallest absolute Gasteiger partial charge is 0.143 e. The quantitative estimate of drug-likeness (QED) is 0.559. The van der Waals surface area contributed by atoms with Crippen LogP contribution in [0, 0.1) is 11.3 Å². The van der Waals surface area contributed by atoms with Crippen LogP contribution in [0.2, 0.25) is 0 Å². The summed E-state index contributed by atoms with van der Waals surface area (Å²) in [6.45, 7) is 2.30. The molecule has 5 nitrogen and oxygen atoms in total. The van der Waals surface area contributed by atoms with Crippen molar-refractivity contribution < 1.29 is 14.2 Å². The molecule has 2 N–H and O–H groups in total. The molecule has 5 heteroatoms. The average Bonchev–Trinajstić information content (AvgIpc) is 2.39. The number of methoxy groups -OCH3 is 1. The van der Waals surface area contributed by atoms with E-state index in [2.05, 4.69) is 0 Å². The topological polar surface area (TPSA) is 77.5 Å². The lowest BCUT2D eigenvalue weighted by Gasteiger charge is -2.09. The van der Waals surface area contributed by atoms with Crippen LogP contribution in [0.25, 0.3) is 0 Å². The number of ether oxygens (including phenoxy) is 3. The molecule has 0 aliphatic heterocycles. The molecule has 0 saturated carbocycles. The highest BCUT2D eigenvalue weighted by Gasteiger charge is 2.02. The van der Waals surface area contributed by atoms with Gasteiger partial charge in [-0.1, -0.05) is 0 Å². The van der Waals surface area contributed by atoms with E-state index in [9.17, 15) is 0 Å². The van der Waals surface area contributed by atoms with Crippen LogP contribution in [0.15, 0.2) is 18.2 Å². The maximum absolute atomic E-state index is 8.77. The van der Waals surface area contributed by atoms with Crippen LogP contribution in [-0.2, 0) is 9.47 Å². The van der Waals surface area contributed by atoms with Gasteiger partial charge >= 0.3 is 0 Å². The number of nitrogen functional groups attached to an aromatic ring is 1. The van der Waals surface area contributed by atoms with E-state index in [0.29, 0.717) is 43.4 Å². The minimum absolute atomic E-state index is 0.506. The molecule has 0 saturated heterocycles. The van der Waals surface area contributed by atoms with Gasteiger partial charge in [0.2, 0.25) is 0 Å². The van der Waals surface area contributed by atoms with Crippen LogP contribution in [0.1, 0.15) is 12.0 Å². The Morgan fingerprint density at radius 1 is 1.22 bits per heavy atom. The highest BCUT2D eigenvalue weighted by atomic mass is 16.5. The van der Waals surface area contributed by atoms with Crippen molar-refractivity contribution in [2.75, 3.05) is 39.3 Å². The van der Waals surface area contributed by atoms with Gasteiger partial charge in [-0.3, -0.25) is 0 Å². The molecule has 1 aromatic carbocycles. The zero-order valence-corrected chi connectivity index (χ0v) is 10.5. The van der Waals surface area contributed by atoms with Gasteiger partial charge in [0, 0.05) is 26.2 Å². The Bertz CT molecular complexity index is 402. The lowest BCUT2D eigenvalue weighted by Crippen LogP contribution is -2.07. The Kier molecular flexibility index (Phi) is 6.62. The van der Waals surface area contributed by atoms with Crippen LogP contribution >= 0.6 is 0 Å². The third-order valence-electron chi connectivity index (χ3n) is 2.27. The van der Waals surface area contributed by atoms with E-state index in [4.69, 9.17) is 25.2 Å². The van der Waals surface area contributed by atoms with Gasteiger partial charge in [-0.15, -0.1) is 0 Å². The van der Waals surface area contributed by atoms with Crippen molar-refractivity contribution in [3.8, 4) is 11.8 Å². The summed E-state index contributed by atoms with van der Waals surface area (Å²) in [7, 11) is 1.64. The zero-order valence-electron chi connectivity index (χ0n) is 10.5. The van der Waals surface area contributed by atoms with E-state index in [0.717, 1.165) is 6.42 Å². The number of hydrogen-bond donors (Lipinski definition) is 1. The van der Waals surface area contributed by atoms with Gasteiger partial charge in [-0.05, 0) is 12.1 Å². The SMILES string of the molecule is COCCOCCCOc1cc(C#N)ccc1N. The van der Waals surface area contributed by atoms with Crippen LogP contribution < -0.4 is 10.5 Å². The molecule has 0 aromatic heterocycles. The summed E-state index contributed by atoms with van der Waals surface area (Å²) in [6, 6.07) is 7.02. The third kappa shape index (κ3) is 5.04. The molecule has 0 heterocycles. The van der Waals surface area contributed by atoms with E-state index in [1.165, 1.54) is 0 Å². The largest absolute Gasteiger partial charge is 0.491 e. The number of hydrogen-bond acceptors (Lipinski definition) is 5. The summed E-state index contributed by atoms with van der Waals surface area (Å²) in [5, 5.41) is 8.77. The van der Waals surface area contributed by atoms with E-state index in [1.54, 1.807) is 25.3 Å². The summed E-state index contributed by atoms with van der Waals surface area (Å²) in [5.74, 6) is 0.547. The lowest BCUT2D eigenvalue weighted by molar-refractivity contribution is 0.0645. The van der Waals surface area contributed by atoms with Crippen LogP contribution in [0.4, 0.5) is 5.69 Å². The van der Waals surface area contributed by atoms with Gasteiger partial charge in [0.15, 0.2) is 0 Å². The van der Waals surface area contributed by atoms with E-state index in [1.807, 2.05) is 6.07 Å². The van der Waals surface area contributed by atoms with E-state index < -0.39 is 0 Å². The molecule has 0 fully saturated rings. The Labute approximate surface area is 107 Å². The third-order valence-corrected chi connectivity index (χ3v) is 2.27. The van der Waals surface area contributed by atoms with Crippen molar-refractivity contribution in [2.24, 2.45) is 0 Å². The molecule has 0 aliphatic carbocycles. The second-order valence-electron chi connectivity index (χ2n) is 3.67. The summed E-state index contributed by atoms with van der Waals surface area (Å²) >= 11 is 0. The fourth-order valence-electron chi connectivity index (χ4n) is 1.32. The summed E-state index contributed by atoms with van der Waals surface area (Å²) in [5.41, 5.74) is 6.82. The Morgan fingerprint density at radius 2 is 2.06 bits per heavy atom. The molecule has 0 bridgehead atoms. The molecule has 1 rings (SSSR count). The Balaban J connectivity index is 2.25. The molecule has 0 spiro atoms. The Hall–Kier alpha value is -1.77. The van der Waals surface area contributed by atoms with Gasteiger partial charge in [0.25, 0.3) is 0 Å². The number of anilines is 1. The summed E-state index contributed by atoms with van der Waals surface area (Å²) in [4.78, 5) is 0. The molecule has 0 amide bonds. The highest BCUT2D eigenvalue weighted by molar-refractivity contribution is 5.55. The molecule has 0 aliphatic rings. The first-order valence-corrected chi connectivity index (χ1v) is 5.77. The minimum Gasteiger partial charge on any atom is -0.491 e. The predicted octanol–water partition coefficient (Wildman–Crippen LogP) is 1.57. The number of nitrogens with zero attached hydrogens (tertiary/aromatic N) is 1. The minimum atomic E-state index is 0.506. The number of nitriles is 1. The standard InChI is InChI=1S/C13H18N2O3/c1-16-7-8-17-5-2-6-18-13-9-11(10-14)3-4-12(13)15/h3-4,9H,2,5-8,15H2,1H3. The van der Waals surface area contributed by atoms with Crippen molar-refractivity contribution in [3.63, 3.8) is 0 Å². The normalized spacial score (nSPS) is 10.0. The first kappa shape index (κ1) is 14.3. The molecular formula is C13H18N2O3. The van der Waals surface area contributed by atoms with Crippen LogP contribution in [0.3, 0.4) is 0 Å². The number of rotatable bonds is 8. The van der Waals surface area contributed by atoms with Crippen molar-refractivity contribution in [1.29, 1.82) is 5.26 Å². The lowest BCUT2D eigenvalue weighted by atomic mass is 10.2. The van der Waals surface area contributed by atoms with Crippen molar-refractivity contribution in [2.45, 2.75) is 6.42 Å². The first-order chi connectivity index (χ1) is 8.77. The van der Waals surface area contributed by atoms with Gasteiger partial charge in [-0.2, -0.15) is 5.26 Å². The van der Waals surface area contributed by atoms with Crippen molar-refractivity contribution >= 4 is 5.69 Å². The molecular weight excluding hydrogens is 232 g/mol. The maximum atomic E-state index is 8.77. The van der Waals surface area contributed by atoms with Gasteiger partial charge in [0.1, 0.15) is 5.75 Å². The number of benzene rings is 1. The van der Waals surface area contributed by atoms with Crippen molar-refractivity contribution in [1.82, 2.24) is 0 Å². The van der Waals surface area contributed by atoms with Crippen LogP contribution in [-0.4, -0.2) is 33.5 Å². The monoisotopic (exact) mass is 250 g/mol. The molecule has 98 valence electrons. The fourth-order valence-corrected chi connectivity index (χ4v) is 1.32. The molecule has 0 radical (unpaired) electrons. The van der Waals surface area contributed by atoms with Gasteiger partial charge in [-0.25, -0.2) is 0 Å². The maximum Gasteiger partial charge on any atom is 0.143 e. The summed E-state index contributed by atoms with van der Waals surface area (Å²) < 4.78 is 15.7. The molecule has 18 heavy (non-hydrogen) atoms. The second-order valence-corrected chi connectivity index (χ2v) is 3.67. The Morgan fingerprint density at radius 3 is 2.78 bits per heavy atom. The number of nitrogens with two attached hydrogens (primary N) is 1. The molecule has 0 atom stereocenters. The van der Waals surface area contributed by atoms with Crippen LogP contribution in [0.5, 0.6) is 5.75 Å². The zero-order chi connectivity index (χ0) is 13.2. The van der Waals surface area contributed by atoms with Gasteiger partial charge in [0.05, 0.1) is 37.1 Å². The first-order valence-electron chi connectivity index (χ1n) is 5.77. The highest BCUT2D eigenvalue weighted by Crippen LogP contribution is 2.22. The second kappa shape index (κ2) is 8.34. The average molecular weight is 250 g/mol.